The highest BCUT2D eigenvalue weighted by molar-refractivity contribution is 5.92. The largest absolute Gasteiger partial charge is 0.390 e. The van der Waals surface area contributed by atoms with Crippen molar-refractivity contribution in [2.75, 3.05) is 26.2 Å². The lowest BCUT2D eigenvalue weighted by Crippen LogP contribution is -2.42. The van der Waals surface area contributed by atoms with Crippen LogP contribution in [0.3, 0.4) is 0 Å². The Morgan fingerprint density at radius 2 is 2.35 bits per heavy atom. The van der Waals surface area contributed by atoms with Gasteiger partial charge >= 0.3 is 0 Å². The number of aliphatic hydroxyl groups is 1. The number of hydrogen-bond acceptors (Lipinski definition) is 4. The molecule has 0 aliphatic carbocycles. The average Bonchev–Trinajstić information content (AvgIpc) is 2.56. The van der Waals surface area contributed by atoms with Crippen molar-refractivity contribution < 1.29 is 9.90 Å². The molecule has 1 aromatic rings. The van der Waals surface area contributed by atoms with Gasteiger partial charge in [0.25, 0.3) is 5.91 Å². The predicted molar refractivity (Wildman–Crippen MR) is 91.1 cm³/mol. The van der Waals surface area contributed by atoms with Crippen LogP contribution in [0, 0.1) is 0 Å². The Balaban J connectivity index is 1.77. The minimum absolute atomic E-state index is 0.233. The first-order chi connectivity index (χ1) is 11.1. The van der Waals surface area contributed by atoms with Gasteiger partial charge in [-0.15, -0.1) is 0 Å². The van der Waals surface area contributed by atoms with Crippen molar-refractivity contribution in [2.45, 2.75) is 26.4 Å². The van der Waals surface area contributed by atoms with E-state index in [4.69, 9.17) is 0 Å². The van der Waals surface area contributed by atoms with Gasteiger partial charge in [0.05, 0.1) is 6.10 Å². The molecule has 5 nitrogen and oxygen atoms in total. The van der Waals surface area contributed by atoms with Gasteiger partial charge in [-0.3, -0.25) is 14.7 Å². The van der Waals surface area contributed by atoms with Crippen molar-refractivity contribution in [1.82, 2.24) is 15.2 Å². The molecule has 1 atom stereocenters. The molecule has 5 heteroatoms. The second-order valence-corrected chi connectivity index (χ2v) is 5.87. The molecule has 0 saturated heterocycles. The minimum Gasteiger partial charge on any atom is -0.390 e. The lowest BCUT2D eigenvalue weighted by molar-refractivity contribution is 0.0860. The number of nitrogens with zero attached hydrogens (tertiary/aromatic N) is 2. The molecule has 1 amide bonds. The molecule has 2 N–H and O–H groups in total. The van der Waals surface area contributed by atoms with Crippen LogP contribution < -0.4 is 5.32 Å². The summed E-state index contributed by atoms with van der Waals surface area (Å²) in [5.41, 5.74) is 3.10. The maximum absolute atomic E-state index is 11.9. The highest BCUT2D eigenvalue weighted by Gasteiger charge is 2.18. The summed E-state index contributed by atoms with van der Waals surface area (Å²) < 4.78 is 0. The zero-order valence-electron chi connectivity index (χ0n) is 13.8. The van der Waals surface area contributed by atoms with Crippen LogP contribution in [0.1, 0.15) is 30.8 Å². The molecule has 2 rings (SSSR count). The van der Waals surface area contributed by atoms with E-state index in [2.05, 4.69) is 34.3 Å². The SMILES string of the molecule is C/C=C\C1=C(C)CN(C[C@H](O)CNC(=O)c2ccccn2)CC1. The minimum atomic E-state index is -0.585. The van der Waals surface area contributed by atoms with Crippen molar-refractivity contribution in [3.05, 3.63) is 53.4 Å². The summed E-state index contributed by atoms with van der Waals surface area (Å²) in [6, 6.07) is 5.19. The molecular formula is C18H25N3O2. The van der Waals surface area contributed by atoms with Gasteiger partial charge in [0.15, 0.2) is 0 Å². The van der Waals surface area contributed by atoms with Crippen LogP contribution in [0.5, 0.6) is 0 Å². The summed E-state index contributed by atoms with van der Waals surface area (Å²) in [4.78, 5) is 18.1. The van der Waals surface area contributed by atoms with E-state index in [1.54, 1.807) is 24.4 Å². The molecule has 23 heavy (non-hydrogen) atoms. The van der Waals surface area contributed by atoms with Gasteiger partial charge < -0.3 is 10.4 Å². The number of allylic oxidation sites excluding steroid dienone is 2. The summed E-state index contributed by atoms with van der Waals surface area (Å²) in [6.07, 6.45) is 6.23. The lowest BCUT2D eigenvalue weighted by atomic mass is 10.0. The lowest BCUT2D eigenvalue weighted by Gasteiger charge is -2.30. The summed E-state index contributed by atoms with van der Waals surface area (Å²) in [5, 5.41) is 12.9. The Labute approximate surface area is 137 Å². The number of β-amino-alcohol motifs (C(OH)–C–C–N with tert-alkyl or cyclic N) is 1. The van der Waals surface area contributed by atoms with Gasteiger partial charge in [0.1, 0.15) is 5.69 Å². The number of pyridine rings is 1. The molecule has 2 heterocycles. The van der Waals surface area contributed by atoms with Crippen molar-refractivity contribution in [2.24, 2.45) is 0 Å². The van der Waals surface area contributed by atoms with Gasteiger partial charge in [-0.2, -0.15) is 0 Å². The van der Waals surface area contributed by atoms with Gasteiger partial charge in [-0.05, 0) is 38.0 Å². The molecule has 124 valence electrons. The number of amides is 1. The molecule has 0 aromatic carbocycles. The predicted octanol–water partition coefficient (Wildman–Crippen LogP) is 1.77. The van der Waals surface area contributed by atoms with Gasteiger partial charge in [0.2, 0.25) is 0 Å². The van der Waals surface area contributed by atoms with Gasteiger partial charge in [-0.1, -0.05) is 23.8 Å². The standard InChI is InChI=1S/C18H25N3O2/c1-3-6-15-8-10-21(12-14(15)2)13-16(22)11-20-18(23)17-7-4-5-9-19-17/h3-7,9,16,22H,8,10-13H2,1-2H3,(H,20,23)/b6-3-/t16-/m1/s1. The van der Waals surface area contributed by atoms with Gasteiger partial charge in [-0.25, -0.2) is 0 Å². The first-order valence-corrected chi connectivity index (χ1v) is 8.01. The molecule has 1 aliphatic rings. The van der Waals surface area contributed by atoms with Crippen LogP contribution in [0.25, 0.3) is 0 Å². The molecule has 0 bridgehead atoms. The highest BCUT2D eigenvalue weighted by atomic mass is 16.3. The number of hydrogen-bond donors (Lipinski definition) is 2. The fourth-order valence-corrected chi connectivity index (χ4v) is 2.75. The number of nitrogens with one attached hydrogen (secondary N) is 1. The second-order valence-electron chi connectivity index (χ2n) is 5.87. The number of carbonyl (C=O) groups excluding carboxylic acids is 1. The Kier molecular flexibility index (Phi) is 6.50. The maximum atomic E-state index is 11.9. The first-order valence-electron chi connectivity index (χ1n) is 8.01. The molecule has 1 aromatic heterocycles. The highest BCUT2D eigenvalue weighted by Crippen LogP contribution is 2.18. The smallest absolute Gasteiger partial charge is 0.269 e. The van der Waals surface area contributed by atoms with E-state index in [0.29, 0.717) is 12.2 Å². The van der Waals surface area contributed by atoms with Crippen LogP contribution in [-0.4, -0.2) is 53.2 Å². The molecule has 0 saturated carbocycles. The zero-order chi connectivity index (χ0) is 16.7. The number of aromatic nitrogens is 1. The van der Waals surface area contributed by atoms with E-state index >= 15 is 0 Å². The van der Waals surface area contributed by atoms with E-state index in [0.717, 1.165) is 19.5 Å². The van der Waals surface area contributed by atoms with E-state index < -0.39 is 6.10 Å². The van der Waals surface area contributed by atoms with Crippen LogP contribution >= 0.6 is 0 Å². The Hall–Kier alpha value is -1.98. The Morgan fingerprint density at radius 3 is 3.00 bits per heavy atom. The topological polar surface area (TPSA) is 65.5 Å². The molecule has 0 spiro atoms. The van der Waals surface area contributed by atoms with Crippen molar-refractivity contribution in [3.63, 3.8) is 0 Å². The fourth-order valence-electron chi connectivity index (χ4n) is 2.75. The van der Waals surface area contributed by atoms with Crippen LogP contribution in [0.15, 0.2) is 47.7 Å². The van der Waals surface area contributed by atoms with Gasteiger partial charge in [0, 0.05) is 32.4 Å². The molecule has 1 aliphatic heterocycles. The monoisotopic (exact) mass is 315 g/mol. The number of carbonyl (C=O) groups is 1. The number of aliphatic hydroxyl groups excluding tert-OH is 1. The summed E-state index contributed by atoms with van der Waals surface area (Å²) in [7, 11) is 0. The quantitative estimate of drug-likeness (QED) is 0.840. The van der Waals surface area contributed by atoms with E-state index in [1.807, 2.05) is 6.92 Å². The van der Waals surface area contributed by atoms with Crippen molar-refractivity contribution in [1.29, 1.82) is 0 Å². The molecule has 0 unspecified atom stereocenters. The first kappa shape index (κ1) is 17.4. The number of rotatable bonds is 6. The van der Waals surface area contributed by atoms with E-state index in [-0.39, 0.29) is 12.5 Å². The van der Waals surface area contributed by atoms with Crippen LogP contribution in [-0.2, 0) is 0 Å². The van der Waals surface area contributed by atoms with E-state index in [9.17, 15) is 9.90 Å². The van der Waals surface area contributed by atoms with E-state index in [1.165, 1.54) is 11.1 Å². The second kappa shape index (κ2) is 8.60. The average molecular weight is 315 g/mol. The Bertz CT molecular complexity index is 581. The molecular weight excluding hydrogens is 290 g/mol. The summed E-state index contributed by atoms with van der Waals surface area (Å²) in [5.74, 6) is -0.255. The zero-order valence-corrected chi connectivity index (χ0v) is 13.8. The molecule has 0 radical (unpaired) electrons. The normalized spacial score (nSPS) is 17.5. The third-order valence-electron chi connectivity index (χ3n) is 3.94. The molecule has 0 fully saturated rings. The third-order valence-corrected chi connectivity index (χ3v) is 3.94. The fraction of sp³-hybridized carbons (Fsp3) is 0.444. The van der Waals surface area contributed by atoms with Crippen molar-refractivity contribution in [3.8, 4) is 0 Å². The third kappa shape index (κ3) is 5.30. The van der Waals surface area contributed by atoms with Crippen molar-refractivity contribution >= 4 is 5.91 Å². The van der Waals surface area contributed by atoms with Crippen LogP contribution in [0.2, 0.25) is 0 Å². The maximum Gasteiger partial charge on any atom is 0.269 e. The Morgan fingerprint density at radius 1 is 1.52 bits per heavy atom. The summed E-state index contributed by atoms with van der Waals surface area (Å²) in [6.45, 7) is 6.75. The summed E-state index contributed by atoms with van der Waals surface area (Å²) >= 11 is 0. The van der Waals surface area contributed by atoms with Crippen LogP contribution in [0.4, 0.5) is 0 Å².